The topological polar surface area (TPSA) is 59.0 Å². The molecule has 102 valence electrons. The number of para-hydroxylation sites is 1. The van der Waals surface area contributed by atoms with E-state index in [0.29, 0.717) is 18.7 Å². The van der Waals surface area contributed by atoms with Gasteiger partial charge in [0.15, 0.2) is 0 Å². The first-order valence-electron chi connectivity index (χ1n) is 6.65. The molecule has 0 saturated carbocycles. The van der Waals surface area contributed by atoms with Gasteiger partial charge in [0, 0.05) is 5.56 Å². The van der Waals surface area contributed by atoms with Crippen molar-refractivity contribution in [1.82, 2.24) is 0 Å². The molecule has 20 heavy (non-hydrogen) atoms. The summed E-state index contributed by atoms with van der Waals surface area (Å²) in [5.74, 6) is 0.880. The van der Waals surface area contributed by atoms with Crippen LogP contribution in [0.5, 0.6) is 5.75 Å². The first-order valence-corrected chi connectivity index (χ1v) is 6.65. The van der Waals surface area contributed by atoms with Crippen LogP contribution in [-0.4, -0.2) is 6.54 Å². The van der Waals surface area contributed by atoms with Gasteiger partial charge in [0.25, 0.3) is 0 Å². The third-order valence-electron chi connectivity index (χ3n) is 3.22. The molecule has 2 aromatic rings. The number of hydrogen-bond donors (Lipinski definition) is 1. The fraction of sp³-hybridized carbons (Fsp3) is 0.235. The fourth-order valence-electron chi connectivity index (χ4n) is 2.18. The lowest BCUT2D eigenvalue weighted by atomic mass is 10.1. The molecule has 0 bridgehead atoms. The van der Waals surface area contributed by atoms with Crippen LogP contribution in [0.1, 0.15) is 22.3 Å². The number of rotatable bonds is 5. The summed E-state index contributed by atoms with van der Waals surface area (Å²) in [6, 6.07) is 15.7. The van der Waals surface area contributed by atoms with E-state index in [2.05, 4.69) is 6.07 Å². The zero-order valence-electron chi connectivity index (χ0n) is 11.6. The minimum absolute atomic E-state index is 0.395. The first-order chi connectivity index (χ1) is 9.76. The molecule has 0 aliphatic carbocycles. The Morgan fingerprint density at radius 3 is 2.60 bits per heavy atom. The Balaban J connectivity index is 2.21. The maximum Gasteiger partial charge on any atom is 0.125 e. The second-order valence-electron chi connectivity index (χ2n) is 4.66. The second-order valence-corrected chi connectivity index (χ2v) is 4.66. The standard InChI is InChI=1S/C17H18N2O/c1-13-5-4-8-14(9-10-18)17(13)20-12-16-7-3-2-6-15(16)11-19/h2-8H,9-10,12,18H2,1H3. The highest BCUT2D eigenvalue weighted by atomic mass is 16.5. The van der Waals surface area contributed by atoms with Crippen LogP contribution in [0.2, 0.25) is 0 Å². The lowest BCUT2D eigenvalue weighted by molar-refractivity contribution is 0.300. The number of nitriles is 1. The number of ether oxygens (including phenoxy) is 1. The van der Waals surface area contributed by atoms with Gasteiger partial charge in [-0.25, -0.2) is 0 Å². The Labute approximate surface area is 119 Å². The van der Waals surface area contributed by atoms with Gasteiger partial charge in [0.05, 0.1) is 11.6 Å². The molecule has 0 amide bonds. The summed E-state index contributed by atoms with van der Waals surface area (Å²) >= 11 is 0. The van der Waals surface area contributed by atoms with E-state index < -0.39 is 0 Å². The highest BCUT2D eigenvalue weighted by molar-refractivity contribution is 5.42. The largest absolute Gasteiger partial charge is 0.488 e. The lowest BCUT2D eigenvalue weighted by Gasteiger charge is -2.14. The average molecular weight is 266 g/mol. The normalized spacial score (nSPS) is 10.1. The number of aryl methyl sites for hydroxylation is 1. The predicted molar refractivity (Wildman–Crippen MR) is 79.4 cm³/mol. The van der Waals surface area contributed by atoms with Crippen molar-refractivity contribution in [2.24, 2.45) is 5.73 Å². The van der Waals surface area contributed by atoms with Gasteiger partial charge in [-0.15, -0.1) is 0 Å². The maximum absolute atomic E-state index is 9.09. The van der Waals surface area contributed by atoms with Gasteiger partial charge in [-0.3, -0.25) is 0 Å². The molecule has 0 atom stereocenters. The zero-order valence-corrected chi connectivity index (χ0v) is 11.6. The molecule has 0 radical (unpaired) electrons. The van der Waals surface area contributed by atoms with Crippen LogP contribution in [0, 0.1) is 18.3 Å². The van der Waals surface area contributed by atoms with E-state index in [9.17, 15) is 0 Å². The molecule has 0 fully saturated rings. The van der Waals surface area contributed by atoms with Crippen molar-refractivity contribution in [1.29, 1.82) is 5.26 Å². The van der Waals surface area contributed by atoms with E-state index in [-0.39, 0.29) is 0 Å². The van der Waals surface area contributed by atoms with E-state index in [1.54, 1.807) is 6.07 Å². The Bertz CT molecular complexity index is 629. The maximum atomic E-state index is 9.09. The minimum atomic E-state index is 0.395. The lowest BCUT2D eigenvalue weighted by Crippen LogP contribution is -2.07. The van der Waals surface area contributed by atoms with E-state index >= 15 is 0 Å². The number of benzene rings is 2. The SMILES string of the molecule is Cc1cccc(CCN)c1OCc1ccccc1C#N. The van der Waals surface area contributed by atoms with E-state index in [1.165, 1.54) is 0 Å². The third-order valence-corrected chi connectivity index (χ3v) is 3.22. The van der Waals surface area contributed by atoms with Crippen LogP contribution in [-0.2, 0) is 13.0 Å². The van der Waals surface area contributed by atoms with E-state index in [4.69, 9.17) is 15.7 Å². The molecule has 2 rings (SSSR count). The van der Waals surface area contributed by atoms with Crippen LogP contribution in [0.4, 0.5) is 0 Å². The van der Waals surface area contributed by atoms with Gasteiger partial charge in [0.1, 0.15) is 12.4 Å². The van der Waals surface area contributed by atoms with Crippen molar-refractivity contribution in [2.45, 2.75) is 20.0 Å². The summed E-state index contributed by atoms with van der Waals surface area (Å²) in [6.07, 6.45) is 0.789. The molecule has 0 saturated heterocycles. The van der Waals surface area contributed by atoms with Gasteiger partial charge >= 0.3 is 0 Å². The Kier molecular flexibility index (Phi) is 4.75. The Morgan fingerprint density at radius 1 is 1.10 bits per heavy atom. The van der Waals surface area contributed by atoms with Crippen LogP contribution in [0.15, 0.2) is 42.5 Å². The molecule has 0 aliphatic rings. The fourth-order valence-corrected chi connectivity index (χ4v) is 2.18. The summed E-state index contributed by atoms with van der Waals surface area (Å²) in [5, 5.41) is 9.09. The predicted octanol–water partition coefficient (Wildman–Crippen LogP) is 2.95. The smallest absolute Gasteiger partial charge is 0.125 e. The number of nitrogens with two attached hydrogens (primary N) is 1. The van der Waals surface area contributed by atoms with Crippen molar-refractivity contribution in [3.05, 3.63) is 64.7 Å². The highest BCUT2D eigenvalue weighted by Crippen LogP contribution is 2.25. The molecule has 0 spiro atoms. The van der Waals surface area contributed by atoms with Crippen molar-refractivity contribution >= 4 is 0 Å². The second kappa shape index (κ2) is 6.74. The van der Waals surface area contributed by atoms with Crippen LogP contribution in [0.25, 0.3) is 0 Å². The summed E-state index contributed by atoms with van der Waals surface area (Å²) in [7, 11) is 0. The summed E-state index contributed by atoms with van der Waals surface area (Å²) in [5.41, 5.74) is 9.39. The van der Waals surface area contributed by atoms with Gasteiger partial charge in [0.2, 0.25) is 0 Å². The Morgan fingerprint density at radius 2 is 1.85 bits per heavy atom. The average Bonchev–Trinajstić information content (AvgIpc) is 2.47. The Hall–Kier alpha value is -2.31. The van der Waals surface area contributed by atoms with Crippen molar-refractivity contribution < 1.29 is 4.74 Å². The van der Waals surface area contributed by atoms with Crippen LogP contribution < -0.4 is 10.5 Å². The molecule has 0 heterocycles. The monoisotopic (exact) mass is 266 g/mol. The van der Waals surface area contributed by atoms with E-state index in [1.807, 2.05) is 43.3 Å². The van der Waals surface area contributed by atoms with Gasteiger partial charge in [-0.2, -0.15) is 5.26 Å². The number of nitrogens with zero attached hydrogens (tertiary/aromatic N) is 1. The summed E-state index contributed by atoms with van der Waals surface area (Å²) in [6.45, 7) is 3.01. The molecule has 3 nitrogen and oxygen atoms in total. The molecule has 3 heteroatoms. The molecule has 2 aromatic carbocycles. The third kappa shape index (κ3) is 3.17. The first kappa shape index (κ1) is 14.1. The van der Waals surface area contributed by atoms with Gasteiger partial charge in [-0.05, 0) is 37.1 Å². The number of hydrogen-bond acceptors (Lipinski definition) is 3. The van der Waals surface area contributed by atoms with Crippen LogP contribution >= 0.6 is 0 Å². The molecule has 2 N–H and O–H groups in total. The quantitative estimate of drug-likeness (QED) is 0.905. The van der Waals surface area contributed by atoms with Crippen molar-refractivity contribution in [3.63, 3.8) is 0 Å². The van der Waals surface area contributed by atoms with Crippen LogP contribution in [0.3, 0.4) is 0 Å². The zero-order chi connectivity index (χ0) is 14.4. The van der Waals surface area contributed by atoms with E-state index in [0.717, 1.165) is 28.9 Å². The van der Waals surface area contributed by atoms with Crippen molar-refractivity contribution in [3.8, 4) is 11.8 Å². The van der Waals surface area contributed by atoms with Gasteiger partial charge in [-0.1, -0.05) is 36.4 Å². The molecular formula is C17H18N2O. The summed E-state index contributed by atoms with van der Waals surface area (Å²) < 4.78 is 5.94. The molecule has 0 aromatic heterocycles. The molecule has 0 aliphatic heterocycles. The van der Waals surface area contributed by atoms with Crippen molar-refractivity contribution in [2.75, 3.05) is 6.54 Å². The highest BCUT2D eigenvalue weighted by Gasteiger charge is 2.08. The summed E-state index contributed by atoms with van der Waals surface area (Å²) in [4.78, 5) is 0. The van der Waals surface area contributed by atoms with Gasteiger partial charge < -0.3 is 10.5 Å². The molecular weight excluding hydrogens is 248 g/mol. The minimum Gasteiger partial charge on any atom is -0.488 e. The molecule has 0 unspecified atom stereocenters.